The average molecular weight is 322 g/mol. The number of aromatic amines is 1. The maximum Gasteiger partial charge on any atom is 0.328 e. The summed E-state index contributed by atoms with van der Waals surface area (Å²) in [6.07, 6.45) is 5.40. The van der Waals surface area contributed by atoms with Crippen LogP contribution in [0.2, 0.25) is 0 Å². The zero-order chi connectivity index (χ0) is 16.8. The van der Waals surface area contributed by atoms with Crippen LogP contribution in [0.1, 0.15) is 11.3 Å². The Bertz CT molecular complexity index is 1090. The number of benzene rings is 1. The molecule has 0 bridgehead atoms. The maximum atomic E-state index is 12.1. The molecule has 0 aliphatic heterocycles. The van der Waals surface area contributed by atoms with Gasteiger partial charge >= 0.3 is 5.69 Å². The van der Waals surface area contributed by atoms with Crippen LogP contribution in [-0.2, 0) is 20.6 Å². The van der Waals surface area contributed by atoms with Crippen LogP contribution in [0.3, 0.4) is 0 Å². The molecular weight excluding hydrogens is 304 g/mol. The second-order valence-electron chi connectivity index (χ2n) is 5.98. The first-order valence-corrected chi connectivity index (χ1v) is 7.72. The summed E-state index contributed by atoms with van der Waals surface area (Å²) in [4.78, 5) is 23.9. The van der Waals surface area contributed by atoms with Gasteiger partial charge < -0.3 is 9.55 Å². The van der Waals surface area contributed by atoms with E-state index in [-0.39, 0.29) is 5.69 Å². The first-order valence-electron chi connectivity index (χ1n) is 7.72. The fourth-order valence-electron chi connectivity index (χ4n) is 3.09. The van der Waals surface area contributed by atoms with E-state index in [1.165, 1.54) is 0 Å². The van der Waals surface area contributed by atoms with E-state index in [0.717, 1.165) is 33.8 Å². The topological polar surface area (TPSA) is 73.4 Å². The first-order chi connectivity index (χ1) is 11.6. The van der Waals surface area contributed by atoms with Crippen molar-refractivity contribution in [3.63, 3.8) is 0 Å². The van der Waals surface area contributed by atoms with Gasteiger partial charge in [-0.05, 0) is 24.6 Å². The molecule has 0 aliphatic carbocycles. The number of hydrogen-bond donors (Lipinski definition) is 1. The van der Waals surface area contributed by atoms with Gasteiger partial charge in [0, 0.05) is 38.7 Å². The van der Waals surface area contributed by atoms with Gasteiger partial charge in [-0.25, -0.2) is 14.8 Å². The molecule has 0 spiro atoms. The van der Waals surface area contributed by atoms with Crippen LogP contribution < -0.4 is 5.69 Å². The van der Waals surface area contributed by atoms with E-state index in [1.807, 2.05) is 25.3 Å². The Morgan fingerprint density at radius 2 is 1.92 bits per heavy atom. The SMILES string of the molecule is Cc1[nH]cnc1-c1nccn1Cc1ccc2c(c1)n(C)c(=O)n2C. The van der Waals surface area contributed by atoms with Crippen LogP contribution >= 0.6 is 0 Å². The van der Waals surface area contributed by atoms with Gasteiger partial charge in [0.15, 0.2) is 5.82 Å². The number of aryl methyl sites for hydroxylation is 3. The summed E-state index contributed by atoms with van der Waals surface area (Å²) in [6.45, 7) is 2.65. The van der Waals surface area contributed by atoms with Crippen molar-refractivity contribution in [2.24, 2.45) is 14.1 Å². The van der Waals surface area contributed by atoms with E-state index in [1.54, 1.807) is 35.8 Å². The van der Waals surface area contributed by atoms with Crippen molar-refractivity contribution in [3.05, 3.63) is 58.7 Å². The molecule has 4 aromatic rings. The number of fused-ring (bicyclic) bond motifs is 1. The Morgan fingerprint density at radius 3 is 2.67 bits per heavy atom. The van der Waals surface area contributed by atoms with E-state index in [9.17, 15) is 4.79 Å². The second-order valence-corrected chi connectivity index (χ2v) is 5.98. The average Bonchev–Trinajstić information content (AvgIpc) is 3.25. The Balaban J connectivity index is 1.76. The van der Waals surface area contributed by atoms with Gasteiger partial charge in [0.2, 0.25) is 0 Å². The van der Waals surface area contributed by atoms with Crippen molar-refractivity contribution >= 4 is 11.0 Å². The largest absolute Gasteiger partial charge is 0.348 e. The molecule has 0 fully saturated rings. The summed E-state index contributed by atoms with van der Waals surface area (Å²) in [5.41, 5.74) is 4.79. The molecule has 0 amide bonds. The third kappa shape index (κ3) is 2.09. The molecule has 0 saturated heterocycles. The van der Waals surface area contributed by atoms with Gasteiger partial charge in [-0.2, -0.15) is 0 Å². The van der Waals surface area contributed by atoms with E-state index in [0.29, 0.717) is 6.54 Å². The molecule has 4 rings (SSSR count). The molecule has 7 nitrogen and oxygen atoms in total. The van der Waals surface area contributed by atoms with E-state index >= 15 is 0 Å². The molecule has 0 saturated carbocycles. The van der Waals surface area contributed by atoms with Crippen molar-refractivity contribution in [2.45, 2.75) is 13.5 Å². The van der Waals surface area contributed by atoms with Crippen molar-refractivity contribution in [1.29, 1.82) is 0 Å². The molecule has 7 heteroatoms. The van der Waals surface area contributed by atoms with Crippen LogP contribution in [0.4, 0.5) is 0 Å². The van der Waals surface area contributed by atoms with Gasteiger partial charge in [0.05, 0.1) is 17.4 Å². The summed E-state index contributed by atoms with van der Waals surface area (Å²) in [6, 6.07) is 6.09. The highest BCUT2D eigenvalue weighted by Crippen LogP contribution is 2.20. The first kappa shape index (κ1) is 14.5. The Labute approximate surface area is 138 Å². The van der Waals surface area contributed by atoms with Crippen LogP contribution in [0, 0.1) is 6.92 Å². The minimum absolute atomic E-state index is 0.0161. The van der Waals surface area contributed by atoms with Gasteiger partial charge in [-0.15, -0.1) is 0 Å². The highest BCUT2D eigenvalue weighted by atomic mass is 16.1. The third-order valence-electron chi connectivity index (χ3n) is 4.45. The summed E-state index contributed by atoms with van der Waals surface area (Å²) >= 11 is 0. The summed E-state index contributed by atoms with van der Waals surface area (Å²) in [5.74, 6) is 0.829. The lowest BCUT2D eigenvalue weighted by molar-refractivity contribution is 0.793. The predicted molar refractivity (Wildman–Crippen MR) is 91.8 cm³/mol. The second kappa shape index (κ2) is 5.23. The molecule has 1 aromatic carbocycles. The molecule has 0 unspecified atom stereocenters. The zero-order valence-electron chi connectivity index (χ0n) is 13.8. The van der Waals surface area contributed by atoms with Crippen LogP contribution in [-0.4, -0.2) is 28.7 Å². The number of hydrogen-bond acceptors (Lipinski definition) is 3. The number of H-pyrrole nitrogens is 1. The maximum absolute atomic E-state index is 12.1. The predicted octanol–water partition coefficient (Wildman–Crippen LogP) is 1.82. The fraction of sp³-hybridized carbons (Fsp3) is 0.235. The minimum Gasteiger partial charge on any atom is -0.348 e. The van der Waals surface area contributed by atoms with Crippen molar-refractivity contribution in [2.75, 3.05) is 0 Å². The smallest absolute Gasteiger partial charge is 0.328 e. The number of nitrogens with zero attached hydrogens (tertiary/aromatic N) is 5. The number of nitrogens with one attached hydrogen (secondary N) is 1. The Kier molecular flexibility index (Phi) is 3.16. The van der Waals surface area contributed by atoms with Gasteiger partial charge in [-0.3, -0.25) is 9.13 Å². The molecule has 3 aromatic heterocycles. The summed E-state index contributed by atoms with van der Waals surface area (Å²) in [5, 5.41) is 0. The molecule has 3 heterocycles. The number of imidazole rings is 3. The molecule has 122 valence electrons. The van der Waals surface area contributed by atoms with E-state index in [2.05, 4.69) is 25.6 Å². The molecule has 0 radical (unpaired) electrons. The lowest BCUT2D eigenvalue weighted by atomic mass is 10.2. The van der Waals surface area contributed by atoms with Crippen molar-refractivity contribution in [1.82, 2.24) is 28.7 Å². The lowest BCUT2D eigenvalue weighted by Crippen LogP contribution is -2.19. The fourth-order valence-corrected chi connectivity index (χ4v) is 3.09. The highest BCUT2D eigenvalue weighted by Gasteiger charge is 2.13. The number of aromatic nitrogens is 6. The molecular formula is C17H18N6O. The van der Waals surface area contributed by atoms with Crippen molar-refractivity contribution < 1.29 is 0 Å². The minimum atomic E-state index is -0.0161. The lowest BCUT2D eigenvalue weighted by Gasteiger charge is -2.08. The quantitative estimate of drug-likeness (QED) is 0.625. The van der Waals surface area contributed by atoms with Crippen molar-refractivity contribution in [3.8, 4) is 11.5 Å². The summed E-state index contributed by atoms with van der Waals surface area (Å²) in [7, 11) is 3.59. The van der Waals surface area contributed by atoms with Crippen LogP contribution in [0.15, 0.2) is 41.7 Å². The number of rotatable bonds is 3. The molecule has 24 heavy (non-hydrogen) atoms. The molecule has 0 aliphatic rings. The van der Waals surface area contributed by atoms with Gasteiger partial charge in [0.1, 0.15) is 5.69 Å². The Hall–Kier alpha value is -3.09. The normalized spacial score (nSPS) is 11.5. The third-order valence-corrected chi connectivity index (χ3v) is 4.45. The summed E-state index contributed by atoms with van der Waals surface area (Å²) < 4.78 is 5.39. The monoisotopic (exact) mass is 322 g/mol. The highest BCUT2D eigenvalue weighted by molar-refractivity contribution is 5.76. The zero-order valence-corrected chi connectivity index (χ0v) is 13.8. The standard InChI is InChI=1S/C17H18N6O/c1-11-15(20-10-19-11)16-18-6-7-23(16)9-12-4-5-13-14(8-12)22(3)17(24)21(13)2/h4-8,10H,9H2,1-3H3,(H,19,20). The van der Waals surface area contributed by atoms with Crippen LogP contribution in [0.5, 0.6) is 0 Å². The molecule has 0 atom stereocenters. The van der Waals surface area contributed by atoms with Gasteiger partial charge in [-0.1, -0.05) is 6.07 Å². The van der Waals surface area contributed by atoms with Gasteiger partial charge in [0.25, 0.3) is 0 Å². The van der Waals surface area contributed by atoms with E-state index < -0.39 is 0 Å². The van der Waals surface area contributed by atoms with E-state index in [4.69, 9.17) is 0 Å². The Morgan fingerprint density at radius 1 is 1.12 bits per heavy atom. The van der Waals surface area contributed by atoms with Crippen LogP contribution in [0.25, 0.3) is 22.6 Å². The molecule has 1 N–H and O–H groups in total.